The molecule has 0 aromatic carbocycles. The van der Waals surface area contributed by atoms with Crippen molar-refractivity contribution < 1.29 is 4.79 Å². The fourth-order valence-corrected chi connectivity index (χ4v) is 2.50. The van der Waals surface area contributed by atoms with Crippen molar-refractivity contribution in [2.45, 2.75) is 52.6 Å². The highest BCUT2D eigenvalue weighted by atomic mass is 16.2. The first-order valence-electron chi connectivity index (χ1n) is 8.13. The SMILES string of the molecule is CCCC(C#N)N1CCN(CC(=O)NC(C)C(C)C)CC1. The van der Waals surface area contributed by atoms with Crippen LogP contribution in [0.3, 0.4) is 0 Å². The average molecular weight is 294 g/mol. The summed E-state index contributed by atoms with van der Waals surface area (Å²) >= 11 is 0. The van der Waals surface area contributed by atoms with E-state index in [9.17, 15) is 10.1 Å². The van der Waals surface area contributed by atoms with Crippen molar-refractivity contribution in [2.24, 2.45) is 5.92 Å². The molecule has 1 amide bonds. The molecular formula is C16H30N4O. The first-order chi connectivity index (χ1) is 9.97. The lowest BCUT2D eigenvalue weighted by atomic mass is 10.1. The average Bonchev–Trinajstić information content (AvgIpc) is 2.45. The molecule has 0 bridgehead atoms. The van der Waals surface area contributed by atoms with Crippen LogP contribution in [0.4, 0.5) is 0 Å². The molecule has 0 aromatic heterocycles. The Morgan fingerprint density at radius 2 is 1.86 bits per heavy atom. The van der Waals surface area contributed by atoms with Gasteiger partial charge in [-0.15, -0.1) is 0 Å². The summed E-state index contributed by atoms with van der Waals surface area (Å²) in [5, 5.41) is 12.2. The third-order valence-corrected chi connectivity index (χ3v) is 4.31. The predicted octanol–water partition coefficient (Wildman–Crippen LogP) is 1.46. The van der Waals surface area contributed by atoms with Crippen molar-refractivity contribution >= 4 is 5.91 Å². The molecule has 5 heteroatoms. The number of nitrogens with zero attached hydrogens (tertiary/aromatic N) is 3. The maximum atomic E-state index is 12.0. The second-order valence-electron chi connectivity index (χ2n) is 6.35. The van der Waals surface area contributed by atoms with E-state index in [4.69, 9.17) is 0 Å². The molecule has 0 aromatic rings. The molecule has 1 fully saturated rings. The quantitative estimate of drug-likeness (QED) is 0.772. The molecule has 1 saturated heterocycles. The lowest BCUT2D eigenvalue weighted by Gasteiger charge is -2.36. The minimum atomic E-state index is 0.0342. The molecule has 0 aliphatic carbocycles. The monoisotopic (exact) mass is 294 g/mol. The number of carbonyl (C=O) groups is 1. The standard InChI is InChI=1S/C16H30N4O/c1-5-6-15(11-17)20-9-7-19(8-10-20)12-16(21)18-14(4)13(2)3/h13-15H,5-10,12H2,1-4H3,(H,18,21). The lowest BCUT2D eigenvalue weighted by molar-refractivity contribution is -0.123. The normalized spacial score (nSPS) is 20.0. The van der Waals surface area contributed by atoms with Crippen LogP contribution in [0.5, 0.6) is 0 Å². The van der Waals surface area contributed by atoms with Crippen LogP contribution in [0.15, 0.2) is 0 Å². The topological polar surface area (TPSA) is 59.4 Å². The largest absolute Gasteiger partial charge is 0.352 e. The van der Waals surface area contributed by atoms with Gasteiger partial charge in [0.1, 0.15) is 0 Å². The Labute approximate surface area is 129 Å². The molecule has 0 saturated carbocycles. The summed E-state index contributed by atoms with van der Waals surface area (Å²) in [4.78, 5) is 16.4. The number of piperazine rings is 1. The van der Waals surface area contributed by atoms with Crippen LogP contribution in [-0.2, 0) is 4.79 Å². The molecule has 1 aliphatic heterocycles. The highest BCUT2D eigenvalue weighted by molar-refractivity contribution is 5.78. The van der Waals surface area contributed by atoms with E-state index in [1.54, 1.807) is 0 Å². The highest BCUT2D eigenvalue weighted by Crippen LogP contribution is 2.10. The summed E-state index contributed by atoms with van der Waals surface area (Å²) in [5.74, 6) is 0.561. The van der Waals surface area contributed by atoms with Gasteiger partial charge in [0.05, 0.1) is 18.7 Å². The Morgan fingerprint density at radius 3 is 2.33 bits per heavy atom. The van der Waals surface area contributed by atoms with Crippen molar-refractivity contribution in [3.05, 3.63) is 0 Å². The van der Waals surface area contributed by atoms with E-state index in [0.717, 1.165) is 39.0 Å². The summed E-state index contributed by atoms with van der Waals surface area (Å²) in [6.07, 6.45) is 1.97. The van der Waals surface area contributed by atoms with E-state index in [1.165, 1.54) is 0 Å². The number of nitrogens with one attached hydrogen (secondary N) is 1. The molecule has 1 aliphatic rings. The Kier molecular flexibility index (Phi) is 7.69. The van der Waals surface area contributed by atoms with Crippen LogP contribution >= 0.6 is 0 Å². The fourth-order valence-electron chi connectivity index (χ4n) is 2.50. The van der Waals surface area contributed by atoms with Gasteiger partial charge in [-0.05, 0) is 19.3 Å². The molecule has 0 spiro atoms. The molecule has 2 unspecified atom stereocenters. The number of amides is 1. The zero-order valence-corrected chi connectivity index (χ0v) is 13.9. The van der Waals surface area contributed by atoms with E-state index in [0.29, 0.717) is 12.5 Å². The van der Waals surface area contributed by atoms with E-state index >= 15 is 0 Å². The minimum absolute atomic E-state index is 0.0342. The molecule has 21 heavy (non-hydrogen) atoms. The van der Waals surface area contributed by atoms with Crippen molar-refractivity contribution in [1.29, 1.82) is 5.26 Å². The number of nitriles is 1. The number of hydrogen-bond acceptors (Lipinski definition) is 4. The third kappa shape index (κ3) is 6.03. The van der Waals surface area contributed by atoms with Crippen LogP contribution in [0, 0.1) is 17.2 Å². The Morgan fingerprint density at radius 1 is 1.24 bits per heavy atom. The maximum Gasteiger partial charge on any atom is 0.234 e. The summed E-state index contributed by atoms with van der Waals surface area (Å²) in [7, 11) is 0. The van der Waals surface area contributed by atoms with Gasteiger partial charge in [-0.2, -0.15) is 5.26 Å². The van der Waals surface area contributed by atoms with Crippen LogP contribution in [0.25, 0.3) is 0 Å². The molecular weight excluding hydrogens is 264 g/mol. The summed E-state index contributed by atoms with van der Waals surface area (Å²) in [6.45, 7) is 12.3. The molecule has 120 valence electrons. The zero-order valence-electron chi connectivity index (χ0n) is 13.9. The lowest BCUT2D eigenvalue weighted by Crippen LogP contribution is -2.52. The minimum Gasteiger partial charge on any atom is -0.352 e. The van der Waals surface area contributed by atoms with E-state index in [2.05, 4.69) is 42.0 Å². The van der Waals surface area contributed by atoms with E-state index in [1.807, 2.05) is 6.92 Å². The Bertz CT molecular complexity index is 356. The summed E-state index contributed by atoms with van der Waals surface area (Å²) in [6, 6.07) is 2.64. The van der Waals surface area contributed by atoms with Crippen LogP contribution in [-0.4, -0.2) is 60.5 Å². The van der Waals surface area contributed by atoms with Gasteiger partial charge in [0.2, 0.25) is 5.91 Å². The van der Waals surface area contributed by atoms with Crippen molar-refractivity contribution in [1.82, 2.24) is 15.1 Å². The Balaban J connectivity index is 2.33. The van der Waals surface area contributed by atoms with Gasteiger partial charge in [0, 0.05) is 32.2 Å². The first kappa shape index (κ1) is 17.9. The predicted molar refractivity (Wildman–Crippen MR) is 84.8 cm³/mol. The second-order valence-corrected chi connectivity index (χ2v) is 6.35. The highest BCUT2D eigenvalue weighted by Gasteiger charge is 2.24. The number of carbonyl (C=O) groups excluding carboxylic acids is 1. The maximum absolute atomic E-state index is 12.0. The summed E-state index contributed by atoms with van der Waals surface area (Å²) < 4.78 is 0. The van der Waals surface area contributed by atoms with Gasteiger partial charge < -0.3 is 5.32 Å². The third-order valence-electron chi connectivity index (χ3n) is 4.31. The van der Waals surface area contributed by atoms with Crippen molar-refractivity contribution in [3.63, 3.8) is 0 Å². The fraction of sp³-hybridized carbons (Fsp3) is 0.875. The van der Waals surface area contributed by atoms with E-state index < -0.39 is 0 Å². The van der Waals surface area contributed by atoms with Gasteiger partial charge in [-0.3, -0.25) is 14.6 Å². The van der Waals surface area contributed by atoms with Gasteiger partial charge in [0.15, 0.2) is 0 Å². The van der Waals surface area contributed by atoms with E-state index in [-0.39, 0.29) is 18.0 Å². The van der Waals surface area contributed by atoms with Crippen molar-refractivity contribution in [2.75, 3.05) is 32.7 Å². The molecule has 2 atom stereocenters. The van der Waals surface area contributed by atoms with Crippen molar-refractivity contribution in [3.8, 4) is 6.07 Å². The smallest absolute Gasteiger partial charge is 0.234 e. The molecule has 1 rings (SSSR count). The van der Waals surface area contributed by atoms with Crippen LogP contribution < -0.4 is 5.32 Å². The molecule has 1 heterocycles. The zero-order chi connectivity index (χ0) is 15.8. The molecule has 1 N–H and O–H groups in total. The molecule has 5 nitrogen and oxygen atoms in total. The first-order valence-corrected chi connectivity index (χ1v) is 8.13. The van der Waals surface area contributed by atoms with Crippen LogP contribution in [0.2, 0.25) is 0 Å². The van der Waals surface area contributed by atoms with Gasteiger partial charge in [-0.1, -0.05) is 27.2 Å². The van der Waals surface area contributed by atoms with Gasteiger partial charge >= 0.3 is 0 Å². The summed E-state index contributed by atoms with van der Waals surface area (Å²) in [5.41, 5.74) is 0. The van der Waals surface area contributed by atoms with Gasteiger partial charge in [0.25, 0.3) is 0 Å². The number of rotatable bonds is 7. The second kappa shape index (κ2) is 9.01. The Hall–Kier alpha value is -1.12. The number of hydrogen-bond donors (Lipinski definition) is 1. The van der Waals surface area contributed by atoms with Gasteiger partial charge in [-0.25, -0.2) is 0 Å². The molecule has 0 radical (unpaired) electrons. The van der Waals surface area contributed by atoms with Crippen LogP contribution in [0.1, 0.15) is 40.5 Å².